The lowest BCUT2D eigenvalue weighted by Gasteiger charge is -2.36. The Kier molecular flexibility index (Phi) is 5.46. The van der Waals surface area contributed by atoms with Crippen LogP contribution in [-0.4, -0.2) is 35.7 Å². The number of halogens is 1. The summed E-state index contributed by atoms with van der Waals surface area (Å²) in [4.78, 5) is 56.0. The van der Waals surface area contributed by atoms with Gasteiger partial charge in [-0.1, -0.05) is 42.0 Å². The van der Waals surface area contributed by atoms with Gasteiger partial charge in [0.25, 0.3) is 0 Å². The van der Waals surface area contributed by atoms with Gasteiger partial charge < -0.3 is 9.64 Å². The van der Waals surface area contributed by atoms with Gasteiger partial charge in [-0.2, -0.15) is 0 Å². The number of amides is 2. The molecule has 3 aromatic rings. The van der Waals surface area contributed by atoms with E-state index < -0.39 is 35.8 Å². The maximum atomic E-state index is 14.0. The number of anilines is 2. The second kappa shape index (κ2) is 8.71. The monoisotopic (exact) mass is 512 g/mol. The van der Waals surface area contributed by atoms with Crippen LogP contribution in [0, 0.1) is 11.8 Å². The Bertz CT molecular complexity index is 1480. The molecule has 3 heterocycles. The summed E-state index contributed by atoms with van der Waals surface area (Å²) < 4.78 is 5.07. The topological polar surface area (TPSA) is 84.0 Å². The Morgan fingerprint density at radius 3 is 2.24 bits per heavy atom. The van der Waals surface area contributed by atoms with Crippen molar-refractivity contribution in [3.63, 3.8) is 0 Å². The van der Waals surface area contributed by atoms with Gasteiger partial charge in [-0.25, -0.2) is 4.90 Å². The van der Waals surface area contributed by atoms with Crippen molar-refractivity contribution in [3.8, 4) is 5.75 Å². The van der Waals surface area contributed by atoms with E-state index in [1.54, 1.807) is 36.4 Å². The molecule has 2 saturated heterocycles. The molecule has 3 aliphatic rings. The highest BCUT2D eigenvalue weighted by Crippen LogP contribution is 2.49. The number of hydrogen-bond acceptors (Lipinski definition) is 6. The van der Waals surface area contributed by atoms with Crippen LogP contribution < -0.4 is 14.5 Å². The summed E-state index contributed by atoms with van der Waals surface area (Å²) in [6, 6.07) is 19.1. The van der Waals surface area contributed by atoms with E-state index in [0.29, 0.717) is 22.0 Å². The third-order valence-electron chi connectivity index (χ3n) is 7.17. The second-order valence-electron chi connectivity index (χ2n) is 9.28. The van der Waals surface area contributed by atoms with E-state index in [1.807, 2.05) is 41.3 Å². The number of rotatable bonds is 4. The third kappa shape index (κ3) is 3.65. The van der Waals surface area contributed by atoms with Crippen molar-refractivity contribution in [3.05, 3.63) is 95.0 Å². The van der Waals surface area contributed by atoms with Gasteiger partial charge in [-0.05, 0) is 60.2 Å². The smallest absolute Gasteiger partial charge is 0.308 e. The molecule has 184 valence electrons. The Balaban J connectivity index is 1.43. The minimum absolute atomic E-state index is 0.243. The molecule has 3 aliphatic heterocycles. The minimum Gasteiger partial charge on any atom is -0.427 e. The molecule has 0 saturated carbocycles. The van der Waals surface area contributed by atoms with Gasteiger partial charge in [0.05, 0.1) is 23.6 Å². The van der Waals surface area contributed by atoms with Crippen LogP contribution in [0.2, 0.25) is 5.02 Å². The number of ether oxygens (including phenoxy) is 1. The van der Waals surface area contributed by atoms with Crippen molar-refractivity contribution >= 4 is 52.6 Å². The first-order chi connectivity index (χ1) is 17.8. The zero-order valence-electron chi connectivity index (χ0n) is 19.7. The molecule has 0 N–H and O–H groups in total. The van der Waals surface area contributed by atoms with E-state index in [4.69, 9.17) is 16.3 Å². The molecule has 6 rings (SSSR count). The zero-order chi connectivity index (χ0) is 25.8. The largest absolute Gasteiger partial charge is 0.427 e. The Hall–Kier alpha value is -4.23. The Labute approximate surface area is 217 Å². The fourth-order valence-corrected chi connectivity index (χ4v) is 5.81. The van der Waals surface area contributed by atoms with Crippen molar-refractivity contribution in [2.24, 2.45) is 11.8 Å². The highest BCUT2D eigenvalue weighted by molar-refractivity contribution is 6.30. The number of imide groups is 1. The number of benzene rings is 3. The highest BCUT2D eigenvalue weighted by atomic mass is 35.5. The lowest BCUT2D eigenvalue weighted by atomic mass is 9.86. The van der Waals surface area contributed by atoms with Crippen LogP contribution in [0.5, 0.6) is 5.75 Å². The van der Waals surface area contributed by atoms with Gasteiger partial charge in [0, 0.05) is 23.2 Å². The molecule has 8 heteroatoms. The molecule has 4 atom stereocenters. The van der Waals surface area contributed by atoms with Crippen molar-refractivity contribution in [1.29, 1.82) is 0 Å². The lowest BCUT2D eigenvalue weighted by molar-refractivity contribution is -0.132. The standard InChI is InChI=1S/C29H21ClN2O5/c1-16(33)37-21-13-11-20(12-14-21)31-28(35)24-23-15-8-17-4-2-3-5-22(17)32(23)26(25(24)29(31)36)27(34)18-6-9-19(30)10-7-18/h2-15,23-26H,1H3/t23-,24+,25+,26+/m1/s1. The average molecular weight is 513 g/mol. The van der Waals surface area contributed by atoms with Crippen LogP contribution in [0.3, 0.4) is 0 Å². The van der Waals surface area contributed by atoms with Crippen LogP contribution in [-0.2, 0) is 14.4 Å². The van der Waals surface area contributed by atoms with Gasteiger partial charge in [-0.15, -0.1) is 0 Å². The van der Waals surface area contributed by atoms with Gasteiger partial charge in [-0.3, -0.25) is 19.2 Å². The number of ketones is 1. The summed E-state index contributed by atoms with van der Waals surface area (Å²) in [5, 5.41) is 0.500. The maximum Gasteiger partial charge on any atom is 0.308 e. The van der Waals surface area contributed by atoms with E-state index in [2.05, 4.69) is 0 Å². The number of Topliss-reactive ketones (excluding diaryl/α,β-unsaturated/α-hetero) is 1. The number of hydrogen-bond donors (Lipinski definition) is 0. The van der Waals surface area contributed by atoms with E-state index in [1.165, 1.54) is 19.1 Å². The molecule has 3 aromatic carbocycles. The van der Waals surface area contributed by atoms with E-state index in [-0.39, 0.29) is 11.7 Å². The number of carbonyl (C=O) groups is 4. The number of nitrogens with zero attached hydrogens (tertiary/aromatic N) is 2. The summed E-state index contributed by atoms with van der Waals surface area (Å²) in [5.74, 6) is -2.79. The molecule has 7 nitrogen and oxygen atoms in total. The molecule has 0 unspecified atom stereocenters. The van der Waals surface area contributed by atoms with Crippen molar-refractivity contribution in [2.45, 2.75) is 19.0 Å². The Morgan fingerprint density at radius 1 is 0.865 bits per heavy atom. The number of esters is 1. The van der Waals surface area contributed by atoms with Gasteiger partial charge in [0.2, 0.25) is 11.8 Å². The van der Waals surface area contributed by atoms with Gasteiger partial charge >= 0.3 is 5.97 Å². The van der Waals surface area contributed by atoms with Crippen LogP contribution in [0.15, 0.2) is 78.9 Å². The number of para-hydroxylation sites is 1. The third-order valence-corrected chi connectivity index (χ3v) is 7.42. The molecular weight excluding hydrogens is 492 g/mol. The van der Waals surface area contributed by atoms with Gasteiger partial charge in [0.15, 0.2) is 5.78 Å². The van der Waals surface area contributed by atoms with Crippen molar-refractivity contribution in [1.82, 2.24) is 0 Å². The van der Waals surface area contributed by atoms with E-state index in [9.17, 15) is 19.2 Å². The average Bonchev–Trinajstić information content (AvgIpc) is 3.37. The van der Waals surface area contributed by atoms with Crippen LogP contribution >= 0.6 is 11.6 Å². The molecular formula is C29H21ClN2O5. The first-order valence-electron chi connectivity index (χ1n) is 11.9. The van der Waals surface area contributed by atoms with Crippen LogP contribution in [0.4, 0.5) is 11.4 Å². The summed E-state index contributed by atoms with van der Waals surface area (Å²) in [7, 11) is 0. The summed E-state index contributed by atoms with van der Waals surface area (Å²) in [5.41, 5.74) is 2.52. The van der Waals surface area contributed by atoms with Crippen LogP contribution in [0.25, 0.3) is 6.08 Å². The Morgan fingerprint density at radius 2 is 1.54 bits per heavy atom. The summed E-state index contributed by atoms with van der Waals surface area (Å²) in [6.45, 7) is 1.29. The van der Waals surface area contributed by atoms with Crippen LogP contribution in [0.1, 0.15) is 22.8 Å². The number of carbonyl (C=O) groups excluding carboxylic acids is 4. The predicted octanol–water partition coefficient (Wildman–Crippen LogP) is 4.54. The zero-order valence-corrected chi connectivity index (χ0v) is 20.5. The SMILES string of the molecule is CC(=O)Oc1ccc(N2C(=O)[C@@H]3[C@H](C2=O)[C@@H](C(=O)c2ccc(Cl)cc2)N2c4ccccc4C=C[C@H]32)cc1. The molecule has 0 spiro atoms. The summed E-state index contributed by atoms with van der Waals surface area (Å²) in [6.07, 6.45) is 3.85. The summed E-state index contributed by atoms with van der Waals surface area (Å²) >= 11 is 6.05. The molecule has 37 heavy (non-hydrogen) atoms. The minimum atomic E-state index is -0.871. The van der Waals surface area contributed by atoms with Crippen molar-refractivity contribution < 1.29 is 23.9 Å². The molecule has 0 aliphatic carbocycles. The maximum absolute atomic E-state index is 14.0. The van der Waals surface area contributed by atoms with Gasteiger partial charge in [0.1, 0.15) is 11.8 Å². The molecule has 2 amide bonds. The quantitative estimate of drug-likeness (QED) is 0.221. The second-order valence-corrected chi connectivity index (χ2v) is 9.72. The first-order valence-corrected chi connectivity index (χ1v) is 12.2. The fourth-order valence-electron chi connectivity index (χ4n) is 5.68. The van der Waals surface area contributed by atoms with E-state index in [0.717, 1.165) is 16.2 Å². The first kappa shape index (κ1) is 23.2. The molecule has 0 radical (unpaired) electrons. The molecule has 0 aromatic heterocycles. The van der Waals surface area contributed by atoms with Crippen molar-refractivity contribution in [2.75, 3.05) is 9.80 Å². The highest BCUT2D eigenvalue weighted by Gasteiger charge is 2.64. The molecule has 0 bridgehead atoms. The normalized spacial score (nSPS) is 23.5. The predicted molar refractivity (Wildman–Crippen MR) is 139 cm³/mol. The fraction of sp³-hybridized carbons (Fsp3) is 0.172. The van der Waals surface area contributed by atoms with E-state index >= 15 is 0 Å². The lowest BCUT2D eigenvalue weighted by Crippen LogP contribution is -2.48. The molecule has 2 fully saturated rings. The number of fused-ring (bicyclic) bond motifs is 5.